The Morgan fingerprint density at radius 1 is 1.10 bits per heavy atom. The average Bonchev–Trinajstić information content (AvgIpc) is 2.78. The highest BCUT2D eigenvalue weighted by Gasteiger charge is 2.34. The van der Waals surface area contributed by atoms with Gasteiger partial charge >= 0.3 is 6.18 Å². The molecule has 1 aliphatic carbocycles. The molecule has 5 nitrogen and oxygen atoms in total. The number of aromatic nitrogens is 2. The summed E-state index contributed by atoms with van der Waals surface area (Å²) in [7, 11) is 1.83. The number of hydrogen-bond donors (Lipinski definition) is 1. The summed E-state index contributed by atoms with van der Waals surface area (Å²) in [5.74, 6) is -0.153. The molecule has 3 aromatic rings. The quantitative estimate of drug-likeness (QED) is 0.647. The minimum Gasteiger partial charge on any atom is -0.371 e. The zero-order valence-electron chi connectivity index (χ0n) is 17.1. The van der Waals surface area contributed by atoms with Gasteiger partial charge < -0.3 is 10.2 Å². The summed E-state index contributed by atoms with van der Waals surface area (Å²) >= 11 is 0. The van der Waals surface area contributed by atoms with Crippen LogP contribution in [0, 0.1) is 0 Å². The highest BCUT2D eigenvalue weighted by atomic mass is 19.4. The number of carbonyl (C=O) groups excluding carboxylic acids is 1. The molecule has 162 valence electrons. The number of carbonyl (C=O) groups is 1. The van der Waals surface area contributed by atoms with Crippen LogP contribution in [-0.4, -0.2) is 35.0 Å². The summed E-state index contributed by atoms with van der Waals surface area (Å²) in [6, 6.07) is 11.6. The van der Waals surface area contributed by atoms with Gasteiger partial charge in [-0.3, -0.25) is 9.78 Å². The number of rotatable bonds is 4. The third-order valence-corrected chi connectivity index (χ3v) is 5.87. The summed E-state index contributed by atoms with van der Waals surface area (Å²) in [5, 5.41) is 3.74. The van der Waals surface area contributed by atoms with Crippen molar-refractivity contribution in [3.63, 3.8) is 0 Å². The Hall–Kier alpha value is -3.16. The predicted octanol–water partition coefficient (Wildman–Crippen LogP) is 4.83. The Labute approximate surface area is 178 Å². The number of para-hydroxylation sites is 1. The van der Waals surface area contributed by atoms with Crippen molar-refractivity contribution in [2.75, 3.05) is 11.9 Å². The smallest absolute Gasteiger partial charge is 0.371 e. The molecule has 31 heavy (non-hydrogen) atoms. The lowest BCUT2D eigenvalue weighted by Crippen LogP contribution is -2.43. The molecule has 0 spiro atoms. The van der Waals surface area contributed by atoms with Crippen LogP contribution in [0.4, 0.5) is 18.9 Å². The molecule has 0 aliphatic heterocycles. The molecule has 1 N–H and O–H groups in total. The van der Waals surface area contributed by atoms with Crippen LogP contribution in [0.1, 0.15) is 41.7 Å². The first-order chi connectivity index (χ1) is 14.8. The normalized spacial score (nSPS) is 19.2. The van der Waals surface area contributed by atoms with Crippen molar-refractivity contribution in [2.24, 2.45) is 0 Å². The third kappa shape index (κ3) is 4.62. The summed E-state index contributed by atoms with van der Waals surface area (Å²) in [6.45, 7) is 0. The van der Waals surface area contributed by atoms with Crippen LogP contribution in [0.2, 0.25) is 0 Å². The highest BCUT2D eigenvalue weighted by molar-refractivity contribution is 5.94. The Bertz CT molecular complexity index is 1060. The summed E-state index contributed by atoms with van der Waals surface area (Å²) in [4.78, 5) is 22.0. The molecule has 0 unspecified atom stereocenters. The summed E-state index contributed by atoms with van der Waals surface area (Å²) in [6.07, 6.45) is 1.70. The number of halogens is 3. The van der Waals surface area contributed by atoms with Crippen LogP contribution >= 0.6 is 0 Å². The number of alkyl halides is 3. The maximum atomic E-state index is 13.4. The van der Waals surface area contributed by atoms with Gasteiger partial charge in [0.15, 0.2) is 0 Å². The standard InChI is InChI=1S/C23H23F3N4O/c1-30(20-13-21(23(24,25)26)29-19-7-3-2-6-18(19)20)17-10-8-16(9-11-17)28-22(31)15-5-4-12-27-14-15/h2-7,12-14,16-17H,8-11H2,1H3,(H,28,31)/t16-,17+. The molecule has 1 aromatic carbocycles. The monoisotopic (exact) mass is 428 g/mol. The lowest BCUT2D eigenvalue weighted by molar-refractivity contribution is -0.140. The van der Waals surface area contributed by atoms with Crippen molar-refractivity contribution in [3.05, 3.63) is 66.1 Å². The lowest BCUT2D eigenvalue weighted by atomic mass is 9.89. The van der Waals surface area contributed by atoms with Gasteiger partial charge in [0.1, 0.15) is 5.69 Å². The maximum Gasteiger partial charge on any atom is 0.433 e. The van der Waals surface area contributed by atoms with Crippen molar-refractivity contribution in [2.45, 2.75) is 43.9 Å². The number of hydrogen-bond acceptors (Lipinski definition) is 4. The molecular weight excluding hydrogens is 405 g/mol. The van der Waals surface area contributed by atoms with Crippen LogP contribution in [0.15, 0.2) is 54.9 Å². The molecule has 0 radical (unpaired) electrons. The van der Waals surface area contributed by atoms with Crippen LogP contribution < -0.4 is 10.2 Å². The molecule has 0 atom stereocenters. The number of nitrogens with one attached hydrogen (secondary N) is 1. The van der Waals surface area contributed by atoms with E-state index >= 15 is 0 Å². The van der Waals surface area contributed by atoms with E-state index < -0.39 is 11.9 Å². The minimum atomic E-state index is -4.51. The van der Waals surface area contributed by atoms with Gasteiger partial charge in [-0.25, -0.2) is 4.98 Å². The van der Waals surface area contributed by atoms with Crippen molar-refractivity contribution < 1.29 is 18.0 Å². The third-order valence-electron chi connectivity index (χ3n) is 5.87. The lowest BCUT2D eigenvalue weighted by Gasteiger charge is -2.37. The second-order valence-corrected chi connectivity index (χ2v) is 7.87. The highest BCUT2D eigenvalue weighted by Crippen LogP contribution is 2.36. The Kier molecular flexibility index (Phi) is 5.80. The number of fused-ring (bicyclic) bond motifs is 1. The van der Waals surface area contributed by atoms with E-state index in [1.165, 1.54) is 6.20 Å². The fourth-order valence-electron chi connectivity index (χ4n) is 4.16. The van der Waals surface area contributed by atoms with Gasteiger partial charge in [0.25, 0.3) is 5.91 Å². The molecule has 1 fully saturated rings. The molecular formula is C23H23F3N4O. The van der Waals surface area contributed by atoms with Crippen molar-refractivity contribution in [3.8, 4) is 0 Å². The zero-order valence-corrected chi connectivity index (χ0v) is 17.1. The van der Waals surface area contributed by atoms with E-state index in [9.17, 15) is 18.0 Å². The molecule has 1 amide bonds. The number of amides is 1. The fourth-order valence-corrected chi connectivity index (χ4v) is 4.16. The topological polar surface area (TPSA) is 58.1 Å². The molecule has 0 bridgehead atoms. The van der Waals surface area contributed by atoms with Crippen molar-refractivity contribution in [1.82, 2.24) is 15.3 Å². The zero-order chi connectivity index (χ0) is 22.0. The van der Waals surface area contributed by atoms with Crippen molar-refractivity contribution >= 4 is 22.5 Å². The Morgan fingerprint density at radius 2 is 1.84 bits per heavy atom. The van der Waals surface area contributed by atoms with Gasteiger partial charge in [0.05, 0.1) is 11.1 Å². The summed E-state index contributed by atoms with van der Waals surface area (Å²) in [5.41, 5.74) is 0.493. The first kappa shape index (κ1) is 21.1. The predicted molar refractivity (Wildman–Crippen MR) is 113 cm³/mol. The van der Waals surface area contributed by atoms with E-state index in [1.807, 2.05) is 11.9 Å². The van der Waals surface area contributed by atoms with E-state index in [-0.39, 0.29) is 18.0 Å². The molecule has 1 saturated carbocycles. The molecule has 4 rings (SSSR count). The molecule has 8 heteroatoms. The fraction of sp³-hybridized carbons (Fsp3) is 0.348. The van der Waals surface area contributed by atoms with E-state index in [2.05, 4.69) is 15.3 Å². The van der Waals surface area contributed by atoms with Gasteiger partial charge in [0, 0.05) is 42.6 Å². The minimum absolute atomic E-state index is 0.0391. The van der Waals surface area contributed by atoms with Crippen LogP contribution in [-0.2, 0) is 6.18 Å². The molecule has 1 aliphatic rings. The number of benzene rings is 1. The Balaban J connectivity index is 1.48. The SMILES string of the molecule is CN(c1cc(C(F)(F)F)nc2ccccc12)[C@H]1CC[C@@H](NC(=O)c2cccnc2)CC1. The van der Waals surface area contributed by atoms with Crippen LogP contribution in [0.25, 0.3) is 10.9 Å². The number of anilines is 1. The van der Waals surface area contributed by atoms with E-state index in [0.717, 1.165) is 31.7 Å². The first-order valence-corrected chi connectivity index (χ1v) is 10.2. The molecule has 2 heterocycles. The second-order valence-electron chi connectivity index (χ2n) is 7.87. The van der Waals surface area contributed by atoms with E-state index in [4.69, 9.17) is 0 Å². The number of pyridine rings is 2. The molecule has 2 aromatic heterocycles. The number of nitrogens with zero attached hydrogens (tertiary/aromatic N) is 3. The maximum absolute atomic E-state index is 13.4. The largest absolute Gasteiger partial charge is 0.433 e. The van der Waals surface area contributed by atoms with Gasteiger partial charge in [0.2, 0.25) is 0 Å². The first-order valence-electron chi connectivity index (χ1n) is 10.2. The van der Waals surface area contributed by atoms with Crippen LogP contribution in [0.5, 0.6) is 0 Å². The van der Waals surface area contributed by atoms with Gasteiger partial charge in [-0.1, -0.05) is 18.2 Å². The average molecular weight is 428 g/mol. The van der Waals surface area contributed by atoms with E-state index in [1.54, 1.807) is 42.6 Å². The second kappa shape index (κ2) is 8.53. The van der Waals surface area contributed by atoms with Crippen LogP contribution in [0.3, 0.4) is 0 Å². The summed E-state index contributed by atoms with van der Waals surface area (Å²) < 4.78 is 40.2. The van der Waals surface area contributed by atoms with Gasteiger partial charge in [-0.15, -0.1) is 0 Å². The Morgan fingerprint density at radius 3 is 2.52 bits per heavy atom. The van der Waals surface area contributed by atoms with Gasteiger partial charge in [-0.2, -0.15) is 13.2 Å². The van der Waals surface area contributed by atoms with E-state index in [0.29, 0.717) is 22.2 Å². The molecule has 0 saturated heterocycles. The van der Waals surface area contributed by atoms with Gasteiger partial charge in [-0.05, 0) is 49.9 Å². The van der Waals surface area contributed by atoms with Crippen molar-refractivity contribution in [1.29, 1.82) is 0 Å².